The van der Waals surface area contributed by atoms with Gasteiger partial charge in [0, 0.05) is 6.42 Å². The van der Waals surface area contributed by atoms with Gasteiger partial charge in [0.1, 0.15) is 13.2 Å². The minimum absolute atomic E-state index is 0.0548. The van der Waals surface area contributed by atoms with Gasteiger partial charge in [0.25, 0.3) is 0 Å². The van der Waals surface area contributed by atoms with Gasteiger partial charge in [-0.1, -0.05) is 253 Å². The van der Waals surface area contributed by atoms with E-state index in [1.807, 2.05) is 27.2 Å². The Kier molecular flexibility index (Phi) is 49.9. The number of nitrogens with zero attached hydrogens (tertiary/aromatic N) is 1. The first kappa shape index (κ1) is 67.7. The Balaban J connectivity index is 3.75. The van der Waals surface area contributed by atoms with E-state index in [0.29, 0.717) is 17.4 Å². The van der Waals surface area contributed by atoms with Crippen LogP contribution < -0.4 is 5.32 Å². The largest absolute Gasteiger partial charge is 0.472 e. The number of carbonyl (C=O) groups excluding carboxylic acids is 1. The van der Waals surface area contributed by atoms with Gasteiger partial charge in [0.15, 0.2) is 0 Å². The highest BCUT2D eigenvalue weighted by atomic mass is 31.2. The average Bonchev–Trinajstić information content (AvgIpc) is 3.32. The van der Waals surface area contributed by atoms with Gasteiger partial charge in [-0.15, -0.1) is 0 Å². The lowest BCUT2D eigenvalue weighted by Gasteiger charge is -2.25. The number of quaternary nitrogens is 1. The van der Waals surface area contributed by atoms with Crippen LogP contribution in [-0.4, -0.2) is 73.4 Å². The normalized spacial score (nSPS) is 14.6. The fourth-order valence-corrected chi connectivity index (χ4v) is 8.83. The van der Waals surface area contributed by atoms with Gasteiger partial charge in [-0.25, -0.2) is 4.57 Å². The SMILES string of the molecule is CC/C=C\C/C=C\C/C=C\C/C=C\C/C=C\CCCCCCCCCCCCCCCCCCCCCCCCCCCC(=O)NC(COP(=O)(O)OCC[N+](C)(C)C)C(O)/C=C/CC/C=C/CCC. The van der Waals surface area contributed by atoms with Crippen molar-refractivity contribution in [1.82, 2.24) is 5.32 Å². The van der Waals surface area contributed by atoms with E-state index in [2.05, 4.69) is 92.1 Å². The smallest absolute Gasteiger partial charge is 0.387 e. The third-order valence-electron chi connectivity index (χ3n) is 12.6. The van der Waals surface area contributed by atoms with Crippen molar-refractivity contribution in [3.8, 4) is 0 Å². The molecule has 0 fully saturated rings. The van der Waals surface area contributed by atoms with E-state index < -0.39 is 20.0 Å². The molecule has 0 spiro atoms. The van der Waals surface area contributed by atoms with Gasteiger partial charge in [-0.2, -0.15) is 0 Å². The van der Waals surface area contributed by atoms with E-state index in [9.17, 15) is 19.4 Å². The van der Waals surface area contributed by atoms with Crippen LogP contribution in [0.1, 0.15) is 245 Å². The molecule has 0 aliphatic carbocycles. The minimum atomic E-state index is -4.34. The Morgan fingerprint density at radius 3 is 1.30 bits per heavy atom. The number of unbranched alkanes of at least 4 members (excludes halogenated alkanes) is 27. The molecule has 3 N–H and O–H groups in total. The van der Waals surface area contributed by atoms with Crippen LogP contribution in [0.15, 0.2) is 85.1 Å². The molecule has 0 bridgehead atoms. The summed E-state index contributed by atoms with van der Waals surface area (Å²) in [6.07, 6.45) is 73.3. The zero-order valence-corrected chi connectivity index (χ0v) is 47.1. The fraction of sp³-hybridized carbons (Fsp3) is 0.754. The van der Waals surface area contributed by atoms with E-state index in [1.165, 1.54) is 148 Å². The highest BCUT2D eigenvalue weighted by Gasteiger charge is 2.27. The summed E-state index contributed by atoms with van der Waals surface area (Å²) in [5.74, 6) is -0.190. The van der Waals surface area contributed by atoms with Crippen molar-refractivity contribution in [2.45, 2.75) is 257 Å². The quantitative estimate of drug-likeness (QED) is 0.0243. The van der Waals surface area contributed by atoms with E-state index in [4.69, 9.17) is 9.05 Å². The third-order valence-corrected chi connectivity index (χ3v) is 13.6. The number of aliphatic hydroxyl groups excluding tert-OH is 1. The molecular formula is C61H112N2O6P+. The van der Waals surface area contributed by atoms with Gasteiger partial charge < -0.3 is 19.8 Å². The first-order valence-electron chi connectivity index (χ1n) is 29.0. The molecule has 406 valence electrons. The second kappa shape index (κ2) is 51.6. The van der Waals surface area contributed by atoms with Crippen LogP contribution in [0.3, 0.4) is 0 Å². The van der Waals surface area contributed by atoms with E-state index >= 15 is 0 Å². The van der Waals surface area contributed by atoms with Crippen molar-refractivity contribution in [3.05, 3.63) is 85.1 Å². The van der Waals surface area contributed by atoms with Crippen molar-refractivity contribution in [3.63, 3.8) is 0 Å². The molecule has 0 aromatic rings. The minimum Gasteiger partial charge on any atom is -0.387 e. The monoisotopic (exact) mass is 1000 g/mol. The number of likely N-dealkylation sites (N-methyl/N-ethyl adjacent to an activating group) is 1. The van der Waals surface area contributed by atoms with Crippen molar-refractivity contribution in [2.24, 2.45) is 0 Å². The maximum absolute atomic E-state index is 12.9. The number of carbonyl (C=O) groups is 1. The Labute approximate surface area is 433 Å². The average molecular weight is 1000 g/mol. The van der Waals surface area contributed by atoms with Crippen LogP contribution >= 0.6 is 7.82 Å². The van der Waals surface area contributed by atoms with Crippen molar-refractivity contribution in [1.29, 1.82) is 0 Å². The predicted octanol–water partition coefficient (Wildman–Crippen LogP) is 17.6. The molecule has 0 aromatic carbocycles. The van der Waals surface area contributed by atoms with Gasteiger partial charge in [0.05, 0.1) is 39.9 Å². The van der Waals surface area contributed by atoms with E-state index in [1.54, 1.807) is 6.08 Å². The second-order valence-electron chi connectivity index (χ2n) is 20.6. The van der Waals surface area contributed by atoms with Crippen LogP contribution in [0.2, 0.25) is 0 Å². The molecule has 8 nitrogen and oxygen atoms in total. The zero-order valence-electron chi connectivity index (χ0n) is 46.2. The fourth-order valence-electron chi connectivity index (χ4n) is 8.09. The first-order valence-corrected chi connectivity index (χ1v) is 30.5. The number of nitrogens with one attached hydrogen (secondary N) is 1. The van der Waals surface area contributed by atoms with Crippen LogP contribution in [0.25, 0.3) is 0 Å². The summed E-state index contributed by atoms with van der Waals surface area (Å²) in [4.78, 5) is 23.1. The maximum atomic E-state index is 12.9. The molecule has 0 saturated carbocycles. The van der Waals surface area contributed by atoms with E-state index in [0.717, 1.165) is 77.0 Å². The number of rotatable bonds is 52. The molecule has 0 heterocycles. The third kappa shape index (κ3) is 53.5. The van der Waals surface area contributed by atoms with Gasteiger partial charge in [-0.3, -0.25) is 13.8 Å². The number of hydrogen-bond donors (Lipinski definition) is 3. The number of phosphoric acid groups is 1. The molecule has 0 aliphatic rings. The standard InChI is InChI=1S/C61H111N2O6P/c1-6-8-10-12-14-15-16-17-18-19-20-21-22-23-24-25-26-27-28-29-30-31-32-33-34-35-36-37-38-39-40-41-42-43-44-45-46-47-49-51-53-55-61(65)62-59(60(64)54-52-50-48-13-11-9-7-2)58-69-70(66,67)68-57-56-63(3,4)5/h8,10-11,13-15,17-18,20-21,23-24,52,54,59-60,64H,6-7,9,12,16,19,22,25-51,53,55-58H2,1-5H3,(H-,62,65,66,67)/p+1/b10-8-,13-11+,15-14-,18-17-,21-20-,24-23-,54-52+. The van der Waals surface area contributed by atoms with Crippen LogP contribution in [0, 0.1) is 0 Å². The lowest BCUT2D eigenvalue weighted by atomic mass is 10.0. The highest BCUT2D eigenvalue weighted by molar-refractivity contribution is 7.47. The summed E-state index contributed by atoms with van der Waals surface area (Å²) in [5, 5.41) is 13.7. The molecule has 3 unspecified atom stereocenters. The Morgan fingerprint density at radius 2 is 0.871 bits per heavy atom. The second-order valence-corrected chi connectivity index (χ2v) is 22.1. The van der Waals surface area contributed by atoms with Crippen LogP contribution in [-0.2, 0) is 18.4 Å². The molecule has 0 saturated heterocycles. The topological polar surface area (TPSA) is 105 Å². The summed E-state index contributed by atoms with van der Waals surface area (Å²) < 4.78 is 23.5. The van der Waals surface area contributed by atoms with Crippen LogP contribution in [0.5, 0.6) is 0 Å². The number of aliphatic hydroxyl groups is 1. The summed E-state index contributed by atoms with van der Waals surface area (Å²) in [5.41, 5.74) is 0. The Hall–Kier alpha value is -2.32. The number of amides is 1. The Morgan fingerprint density at radius 1 is 0.500 bits per heavy atom. The van der Waals surface area contributed by atoms with Crippen molar-refractivity contribution in [2.75, 3.05) is 40.9 Å². The van der Waals surface area contributed by atoms with Crippen LogP contribution in [0.4, 0.5) is 0 Å². The molecule has 9 heteroatoms. The molecule has 0 aliphatic heterocycles. The molecule has 70 heavy (non-hydrogen) atoms. The first-order chi connectivity index (χ1) is 34.0. The summed E-state index contributed by atoms with van der Waals surface area (Å²) in [6, 6.07) is -0.861. The number of allylic oxidation sites excluding steroid dienone is 13. The summed E-state index contributed by atoms with van der Waals surface area (Å²) in [6.45, 7) is 4.57. The predicted molar refractivity (Wildman–Crippen MR) is 304 cm³/mol. The molecule has 1 amide bonds. The van der Waals surface area contributed by atoms with Gasteiger partial charge in [0.2, 0.25) is 5.91 Å². The van der Waals surface area contributed by atoms with Gasteiger partial charge in [-0.05, 0) is 70.6 Å². The molecule has 3 atom stereocenters. The van der Waals surface area contributed by atoms with E-state index in [-0.39, 0.29) is 19.1 Å². The summed E-state index contributed by atoms with van der Waals surface area (Å²) >= 11 is 0. The number of hydrogen-bond acceptors (Lipinski definition) is 5. The maximum Gasteiger partial charge on any atom is 0.472 e. The zero-order chi connectivity index (χ0) is 51.3. The highest BCUT2D eigenvalue weighted by Crippen LogP contribution is 2.43. The van der Waals surface area contributed by atoms with Crippen molar-refractivity contribution >= 4 is 13.7 Å². The lowest BCUT2D eigenvalue weighted by molar-refractivity contribution is -0.870. The number of phosphoric ester groups is 1. The molecular weight excluding hydrogens is 888 g/mol. The molecule has 0 aromatic heterocycles. The lowest BCUT2D eigenvalue weighted by Crippen LogP contribution is -2.45. The summed E-state index contributed by atoms with van der Waals surface area (Å²) in [7, 11) is 1.55. The molecule has 0 rings (SSSR count). The Bertz CT molecular complexity index is 1410. The molecule has 0 radical (unpaired) electrons. The van der Waals surface area contributed by atoms with Crippen molar-refractivity contribution < 1.29 is 32.9 Å². The van der Waals surface area contributed by atoms with Gasteiger partial charge >= 0.3 is 7.82 Å².